The Bertz CT molecular complexity index is 1270. The number of carbonyl (C=O) groups is 1. The smallest absolute Gasteiger partial charge is 0.416 e. The summed E-state index contributed by atoms with van der Waals surface area (Å²) in [7, 11) is 5.00. The molecule has 0 atom stereocenters. The Labute approximate surface area is 212 Å². The number of likely N-dealkylation sites (N-methyl/N-ethyl adjacent to an activating group) is 1. The van der Waals surface area contributed by atoms with Gasteiger partial charge in [-0.1, -0.05) is 11.3 Å². The van der Waals surface area contributed by atoms with Crippen LogP contribution in [0, 0.1) is 6.92 Å². The molecule has 1 aliphatic heterocycles. The largest absolute Gasteiger partial charge is 0.497 e. The van der Waals surface area contributed by atoms with E-state index in [1.54, 1.807) is 25.1 Å². The van der Waals surface area contributed by atoms with Gasteiger partial charge in [-0.15, -0.1) is 5.10 Å². The summed E-state index contributed by atoms with van der Waals surface area (Å²) >= 11 is 0. The van der Waals surface area contributed by atoms with Crippen LogP contribution in [0.5, 0.6) is 11.5 Å². The van der Waals surface area contributed by atoms with E-state index >= 15 is 0 Å². The van der Waals surface area contributed by atoms with Crippen LogP contribution in [0.15, 0.2) is 36.4 Å². The number of carbonyl (C=O) groups excluding carboxylic acids is 1. The van der Waals surface area contributed by atoms with Gasteiger partial charge >= 0.3 is 6.18 Å². The van der Waals surface area contributed by atoms with Crippen LogP contribution >= 0.6 is 0 Å². The fourth-order valence-electron chi connectivity index (χ4n) is 4.22. The van der Waals surface area contributed by atoms with Gasteiger partial charge in [0, 0.05) is 44.5 Å². The molecule has 198 valence electrons. The van der Waals surface area contributed by atoms with Gasteiger partial charge in [-0.05, 0) is 43.8 Å². The predicted molar refractivity (Wildman–Crippen MR) is 131 cm³/mol. The lowest BCUT2D eigenvalue weighted by Gasteiger charge is -2.33. The van der Waals surface area contributed by atoms with Crippen LogP contribution in [0.4, 0.5) is 18.9 Å². The second-order valence-electron chi connectivity index (χ2n) is 8.88. The van der Waals surface area contributed by atoms with E-state index in [9.17, 15) is 18.0 Å². The number of nitrogens with one attached hydrogen (secondary N) is 1. The molecule has 0 aliphatic carbocycles. The third kappa shape index (κ3) is 5.86. The maximum atomic E-state index is 13.9. The van der Waals surface area contributed by atoms with E-state index in [2.05, 4.69) is 20.5 Å². The SMILES string of the molecule is COc1ccc(OC)c(-n2nnc(C(=O)Nc3ccc(CN4CCN(C)CC4)c(C(F)(F)F)c3)c2C)c1. The Morgan fingerprint density at radius 1 is 1.05 bits per heavy atom. The predicted octanol–water partition coefficient (Wildman–Crippen LogP) is 3.61. The maximum Gasteiger partial charge on any atom is 0.416 e. The molecule has 3 aromatic rings. The van der Waals surface area contributed by atoms with E-state index in [-0.39, 0.29) is 23.5 Å². The Morgan fingerprint density at radius 3 is 2.43 bits per heavy atom. The van der Waals surface area contributed by atoms with Gasteiger partial charge in [-0.3, -0.25) is 9.69 Å². The molecule has 0 saturated carbocycles. The Hall–Kier alpha value is -3.64. The van der Waals surface area contributed by atoms with Crippen molar-refractivity contribution in [2.75, 3.05) is 52.8 Å². The summed E-state index contributed by atoms with van der Waals surface area (Å²) < 4.78 is 53.8. The fourth-order valence-corrected chi connectivity index (χ4v) is 4.22. The molecule has 1 aromatic heterocycles. The number of hydrogen-bond acceptors (Lipinski definition) is 7. The van der Waals surface area contributed by atoms with Crippen molar-refractivity contribution >= 4 is 11.6 Å². The van der Waals surface area contributed by atoms with Gasteiger partial charge < -0.3 is 19.7 Å². The molecule has 1 amide bonds. The summed E-state index contributed by atoms with van der Waals surface area (Å²) in [4.78, 5) is 17.1. The van der Waals surface area contributed by atoms with Gasteiger partial charge in [0.25, 0.3) is 5.91 Å². The van der Waals surface area contributed by atoms with Gasteiger partial charge in [-0.25, -0.2) is 4.68 Å². The highest BCUT2D eigenvalue weighted by Crippen LogP contribution is 2.35. The topological polar surface area (TPSA) is 84.8 Å². The van der Waals surface area contributed by atoms with Crippen LogP contribution < -0.4 is 14.8 Å². The quantitative estimate of drug-likeness (QED) is 0.512. The van der Waals surface area contributed by atoms with Crippen LogP contribution in [0.25, 0.3) is 5.69 Å². The van der Waals surface area contributed by atoms with Crippen molar-refractivity contribution in [2.24, 2.45) is 0 Å². The summed E-state index contributed by atoms with van der Waals surface area (Å²) in [5.74, 6) is 0.352. The van der Waals surface area contributed by atoms with E-state index < -0.39 is 17.6 Å². The third-order valence-corrected chi connectivity index (χ3v) is 6.39. The zero-order valence-electron chi connectivity index (χ0n) is 21.1. The Kier molecular flexibility index (Phi) is 7.69. The first-order chi connectivity index (χ1) is 17.6. The molecule has 2 heterocycles. The number of anilines is 1. The molecule has 1 N–H and O–H groups in total. The van der Waals surface area contributed by atoms with Crippen molar-refractivity contribution in [2.45, 2.75) is 19.6 Å². The minimum Gasteiger partial charge on any atom is -0.497 e. The second kappa shape index (κ2) is 10.8. The Balaban J connectivity index is 1.57. The number of aromatic nitrogens is 3. The second-order valence-corrected chi connectivity index (χ2v) is 8.88. The van der Waals surface area contributed by atoms with Gasteiger partial charge in [0.05, 0.1) is 25.5 Å². The normalized spacial score (nSPS) is 15.0. The molecule has 37 heavy (non-hydrogen) atoms. The number of alkyl halides is 3. The number of piperazine rings is 1. The van der Waals surface area contributed by atoms with Crippen molar-refractivity contribution in [3.8, 4) is 17.2 Å². The van der Waals surface area contributed by atoms with Crippen molar-refractivity contribution in [3.63, 3.8) is 0 Å². The first kappa shape index (κ1) is 26.4. The maximum absolute atomic E-state index is 13.9. The van der Waals surface area contributed by atoms with Crippen molar-refractivity contribution in [1.82, 2.24) is 24.8 Å². The number of hydrogen-bond donors (Lipinski definition) is 1. The molecule has 9 nitrogen and oxygen atoms in total. The van der Waals surface area contributed by atoms with Gasteiger partial charge in [0.15, 0.2) is 5.69 Å². The van der Waals surface area contributed by atoms with Crippen LogP contribution in [-0.4, -0.2) is 78.1 Å². The molecule has 1 saturated heterocycles. The zero-order chi connectivity index (χ0) is 26.7. The minimum absolute atomic E-state index is 0.0207. The van der Waals surface area contributed by atoms with Crippen molar-refractivity contribution in [3.05, 3.63) is 58.9 Å². The standard InChI is InChI=1S/C25H29F3N6O3/c1-16-23(30-31-34(16)21-14-19(36-3)7-8-22(21)37-4)24(35)29-18-6-5-17(20(13-18)25(26,27)28)15-33-11-9-32(2)10-12-33/h5-8,13-14H,9-12,15H2,1-4H3,(H,29,35). The number of amides is 1. The van der Waals surface area contributed by atoms with E-state index in [4.69, 9.17) is 9.47 Å². The first-order valence-corrected chi connectivity index (χ1v) is 11.7. The number of benzene rings is 2. The molecule has 2 aromatic carbocycles. The van der Waals surface area contributed by atoms with Gasteiger partial charge in [-0.2, -0.15) is 13.2 Å². The van der Waals surface area contributed by atoms with Crippen molar-refractivity contribution < 1.29 is 27.4 Å². The minimum atomic E-state index is -4.56. The van der Waals surface area contributed by atoms with E-state index in [1.807, 2.05) is 11.9 Å². The average molecular weight is 519 g/mol. The lowest BCUT2D eigenvalue weighted by molar-refractivity contribution is -0.138. The van der Waals surface area contributed by atoms with Crippen LogP contribution in [0.2, 0.25) is 0 Å². The Morgan fingerprint density at radius 2 is 1.78 bits per heavy atom. The number of halogens is 3. The number of methoxy groups -OCH3 is 2. The number of nitrogens with zero attached hydrogens (tertiary/aromatic N) is 5. The zero-order valence-corrected chi connectivity index (χ0v) is 21.1. The third-order valence-electron chi connectivity index (χ3n) is 6.39. The molecule has 0 bridgehead atoms. The lowest BCUT2D eigenvalue weighted by Crippen LogP contribution is -2.44. The van der Waals surface area contributed by atoms with E-state index in [0.29, 0.717) is 36.0 Å². The lowest BCUT2D eigenvalue weighted by atomic mass is 10.0. The summed E-state index contributed by atoms with van der Waals surface area (Å²) in [6.07, 6.45) is -4.56. The number of ether oxygens (including phenoxy) is 2. The summed E-state index contributed by atoms with van der Waals surface area (Å²) in [5.41, 5.74) is 0.269. The molecule has 1 aliphatic rings. The van der Waals surface area contributed by atoms with Gasteiger partial charge in [0.1, 0.15) is 17.2 Å². The highest BCUT2D eigenvalue weighted by molar-refractivity contribution is 6.03. The first-order valence-electron chi connectivity index (χ1n) is 11.7. The summed E-state index contributed by atoms with van der Waals surface area (Å²) in [6, 6.07) is 8.95. The molecular weight excluding hydrogens is 489 g/mol. The molecule has 1 fully saturated rings. The average Bonchev–Trinajstić information content (AvgIpc) is 3.26. The summed E-state index contributed by atoms with van der Waals surface area (Å²) in [5, 5.41) is 10.6. The highest BCUT2D eigenvalue weighted by Gasteiger charge is 2.34. The molecular formula is C25H29F3N6O3. The summed E-state index contributed by atoms with van der Waals surface area (Å²) in [6.45, 7) is 4.81. The molecule has 4 rings (SSSR count). The fraction of sp³-hybridized carbons (Fsp3) is 0.400. The van der Waals surface area contributed by atoms with Crippen LogP contribution in [-0.2, 0) is 12.7 Å². The van der Waals surface area contributed by atoms with Crippen molar-refractivity contribution in [1.29, 1.82) is 0 Å². The molecule has 12 heteroatoms. The number of rotatable bonds is 7. The van der Waals surface area contributed by atoms with Crippen LogP contribution in [0.3, 0.4) is 0 Å². The van der Waals surface area contributed by atoms with E-state index in [1.165, 1.54) is 31.0 Å². The van der Waals surface area contributed by atoms with Crippen LogP contribution in [0.1, 0.15) is 27.3 Å². The highest BCUT2D eigenvalue weighted by atomic mass is 19.4. The molecule has 0 unspecified atom stereocenters. The molecule has 0 radical (unpaired) electrons. The monoisotopic (exact) mass is 518 g/mol. The molecule has 0 spiro atoms. The van der Waals surface area contributed by atoms with Gasteiger partial charge in [0.2, 0.25) is 0 Å². The van der Waals surface area contributed by atoms with E-state index in [0.717, 1.165) is 19.2 Å².